The Morgan fingerprint density at radius 2 is 2.38 bits per heavy atom. The summed E-state index contributed by atoms with van der Waals surface area (Å²) in [5.74, 6) is 1.38. The van der Waals surface area contributed by atoms with E-state index < -0.39 is 5.54 Å². The first-order valence-electron chi connectivity index (χ1n) is 5.03. The Kier molecular flexibility index (Phi) is 2.05. The van der Waals surface area contributed by atoms with Crippen molar-refractivity contribution in [2.24, 2.45) is 5.73 Å². The highest BCUT2D eigenvalue weighted by atomic mass is 16.5. The van der Waals surface area contributed by atoms with Gasteiger partial charge in [0.25, 0.3) is 0 Å². The second-order valence-corrected chi connectivity index (χ2v) is 3.86. The van der Waals surface area contributed by atoms with Gasteiger partial charge in [0.15, 0.2) is 5.76 Å². The van der Waals surface area contributed by atoms with Crippen LogP contribution in [0.1, 0.15) is 12.3 Å². The van der Waals surface area contributed by atoms with E-state index in [0.29, 0.717) is 37.1 Å². The second kappa shape index (κ2) is 3.43. The van der Waals surface area contributed by atoms with Crippen molar-refractivity contribution in [3.63, 3.8) is 0 Å². The molecule has 1 aliphatic heterocycles. The van der Waals surface area contributed by atoms with E-state index in [1.54, 1.807) is 18.4 Å². The third kappa shape index (κ3) is 1.43. The molecule has 3 heterocycles. The number of aromatic nitrogens is 2. The summed E-state index contributed by atoms with van der Waals surface area (Å²) in [4.78, 5) is 4.23. The van der Waals surface area contributed by atoms with Crippen LogP contribution in [-0.4, -0.2) is 23.4 Å². The van der Waals surface area contributed by atoms with Crippen LogP contribution >= 0.6 is 0 Å². The molecule has 0 aromatic carbocycles. The van der Waals surface area contributed by atoms with Gasteiger partial charge in [-0.2, -0.15) is 4.98 Å². The minimum Gasteiger partial charge on any atom is -0.461 e. The number of nitrogens with zero attached hydrogens (tertiary/aromatic N) is 2. The lowest BCUT2D eigenvalue weighted by molar-refractivity contribution is 0.166. The molecule has 16 heavy (non-hydrogen) atoms. The summed E-state index contributed by atoms with van der Waals surface area (Å²) in [6.07, 6.45) is 2.25. The van der Waals surface area contributed by atoms with E-state index in [1.165, 1.54) is 0 Å². The van der Waals surface area contributed by atoms with E-state index in [2.05, 4.69) is 10.1 Å². The van der Waals surface area contributed by atoms with Crippen molar-refractivity contribution in [2.45, 2.75) is 12.0 Å². The van der Waals surface area contributed by atoms with Crippen LogP contribution in [0.3, 0.4) is 0 Å². The first-order valence-corrected chi connectivity index (χ1v) is 5.03. The second-order valence-electron chi connectivity index (χ2n) is 3.86. The summed E-state index contributed by atoms with van der Waals surface area (Å²) in [6.45, 7) is 1.03. The molecule has 6 nitrogen and oxygen atoms in total. The highest BCUT2D eigenvalue weighted by molar-refractivity contribution is 5.45. The lowest BCUT2D eigenvalue weighted by Crippen LogP contribution is -2.37. The van der Waals surface area contributed by atoms with Gasteiger partial charge in [0.05, 0.1) is 12.9 Å². The molecule has 3 rings (SSSR count). The molecular formula is C10H11N3O3. The standard InChI is InChI=1S/C10H11N3O3/c11-10(3-5-14-6-10)9-12-8(13-16-9)7-2-1-4-15-7/h1-2,4H,3,5-6,11H2. The van der Waals surface area contributed by atoms with Gasteiger partial charge in [-0.05, 0) is 18.6 Å². The summed E-state index contributed by atoms with van der Waals surface area (Å²) in [5.41, 5.74) is 5.44. The molecule has 1 fully saturated rings. The van der Waals surface area contributed by atoms with Crippen molar-refractivity contribution in [1.29, 1.82) is 0 Å². The van der Waals surface area contributed by atoms with Crippen LogP contribution < -0.4 is 5.73 Å². The molecule has 84 valence electrons. The molecule has 2 aromatic heterocycles. The van der Waals surface area contributed by atoms with Gasteiger partial charge in [0.2, 0.25) is 11.7 Å². The van der Waals surface area contributed by atoms with Crippen molar-refractivity contribution < 1.29 is 13.7 Å². The first-order chi connectivity index (χ1) is 7.78. The predicted molar refractivity (Wildman–Crippen MR) is 53.3 cm³/mol. The number of rotatable bonds is 2. The fraction of sp³-hybridized carbons (Fsp3) is 0.400. The third-order valence-corrected chi connectivity index (χ3v) is 2.65. The molecule has 0 amide bonds. The molecular weight excluding hydrogens is 210 g/mol. The molecule has 0 bridgehead atoms. The van der Waals surface area contributed by atoms with Crippen molar-refractivity contribution in [1.82, 2.24) is 10.1 Å². The van der Waals surface area contributed by atoms with Crippen LogP contribution in [0.4, 0.5) is 0 Å². The Morgan fingerprint density at radius 3 is 3.06 bits per heavy atom. The van der Waals surface area contributed by atoms with Crippen molar-refractivity contribution in [2.75, 3.05) is 13.2 Å². The molecule has 0 aliphatic carbocycles. The van der Waals surface area contributed by atoms with Crippen LogP contribution in [0.25, 0.3) is 11.6 Å². The van der Waals surface area contributed by atoms with Gasteiger partial charge in [-0.1, -0.05) is 5.16 Å². The predicted octanol–water partition coefficient (Wildman–Crippen LogP) is 0.904. The number of nitrogens with two attached hydrogens (primary N) is 1. The maximum Gasteiger partial charge on any atom is 0.249 e. The van der Waals surface area contributed by atoms with E-state index >= 15 is 0 Å². The van der Waals surface area contributed by atoms with Gasteiger partial charge in [0, 0.05) is 6.61 Å². The smallest absolute Gasteiger partial charge is 0.249 e. The number of ether oxygens (including phenoxy) is 1. The average Bonchev–Trinajstić information content (AvgIpc) is 2.98. The highest BCUT2D eigenvalue weighted by Crippen LogP contribution is 2.28. The summed E-state index contributed by atoms with van der Waals surface area (Å²) in [7, 11) is 0. The maximum absolute atomic E-state index is 6.10. The van der Waals surface area contributed by atoms with Crippen molar-refractivity contribution >= 4 is 0 Å². The Hall–Kier alpha value is -1.66. The Bertz CT molecular complexity index is 471. The monoisotopic (exact) mass is 221 g/mol. The molecule has 1 aliphatic rings. The van der Waals surface area contributed by atoms with E-state index in [-0.39, 0.29) is 0 Å². The zero-order valence-electron chi connectivity index (χ0n) is 8.55. The molecule has 0 spiro atoms. The zero-order valence-corrected chi connectivity index (χ0v) is 8.55. The SMILES string of the molecule is NC1(c2nc(-c3ccco3)no2)CCOC1. The van der Waals surface area contributed by atoms with E-state index in [0.717, 1.165) is 0 Å². The Morgan fingerprint density at radius 1 is 1.44 bits per heavy atom. The molecule has 1 atom stereocenters. The summed E-state index contributed by atoms with van der Waals surface area (Å²) < 4.78 is 15.6. The van der Waals surface area contributed by atoms with Gasteiger partial charge in [-0.25, -0.2) is 0 Å². The van der Waals surface area contributed by atoms with Gasteiger partial charge >= 0.3 is 0 Å². The molecule has 1 saturated heterocycles. The topological polar surface area (TPSA) is 87.3 Å². The van der Waals surface area contributed by atoms with Crippen molar-refractivity contribution in [3.05, 3.63) is 24.3 Å². The molecule has 6 heteroatoms. The lowest BCUT2D eigenvalue weighted by Gasteiger charge is -2.14. The van der Waals surface area contributed by atoms with Crippen molar-refractivity contribution in [3.8, 4) is 11.6 Å². The van der Waals surface area contributed by atoms with E-state index in [1.807, 2.05) is 0 Å². The lowest BCUT2D eigenvalue weighted by atomic mass is 10.0. The number of furan rings is 1. The zero-order chi connectivity index (χ0) is 11.0. The van der Waals surface area contributed by atoms with Gasteiger partial charge < -0.3 is 19.4 Å². The Labute approximate surface area is 91.4 Å². The quantitative estimate of drug-likeness (QED) is 0.810. The van der Waals surface area contributed by atoms with Crippen LogP contribution in [0.15, 0.2) is 27.3 Å². The minimum absolute atomic E-state index is 0.399. The molecule has 2 aromatic rings. The highest BCUT2D eigenvalue weighted by Gasteiger charge is 2.38. The fourth-order valence-corrected chi connectivity index (χ4v) is 1.68. The number of hydrogen-bond donors (Lipinski definition) is 1. The largest absolute Gasteiger partial charge is 0.461 e. The molecule has 0 saturated carbocycles. The van der Waals surface area contributed by atoms with Gasteiger partial charge in [-0.15, -0.1) is 0 Å². The molecule has 2 N–H and O–H groups in total. The van der Waals surface area contributed by atoms with Crippen LogP contribution in [0.2, 0.25) is 0 Å². The van der Waals surface area contributed by atoms with Crippen LogP contribution in [0.5, 0.6) is 0 Å². The summed E-state index contributed by atoms with van der Waals surface area (Å²) >= 11 is 0. The molecule has 0 radical (unpaired) electrons. The van der Waals surface area contributed by atoms with E-state index in [9.17, 15) is 0 Å². The van der Waals surface area contributed by atoms with Crippen LogP contribution in [0, 0.1) is 0 Å². The Balaban J connectivity index is 1.93. The first kappa shape index (κ1) is 9.56. The third-order valence-electron chi connectivity index (χ3n) is 2.65. The van der Waals surface area contributed by atoms with Gasteiger partial charge in [0.1, 0.15) is 5.54 Å². The maximum atomic E-state index is 6.10. The van der Waals surface area contributed by atoms with Crippen LogP contribution in [-0.2, 0) is 10.3 Å². The normalized spacial score (nSPS) is 25.1. The number of hydrogen-bond acceptors (Lipinski definition) is 6. The molecule has 1 unspecified atom stereocenters. The van der Waals surface area contributed by atoms with Gasteiger partial charge in [-0.3, -0.25) is 0 Å². The van der Waals surface area contributed by atoms with E-state index in [4.69, 9.17) is 19.4 Å². The summed E-state index contributed by atoms with van der Waals surface area (Å²) in [6, 6.07) is 3.53. The fourth-order valence-electron chi connectivity index (χ4n) is 1.68. The minimum atomic E-state index is -0.655. The average molecular weight is 221 g/mol. The summed E-state index contributed by atoms with van der Waals surface area (Å²) in [5, 5.41) is 3.83.